The van der Waals surface area contributed by atoms with E-state index in [1.807, 2.05) is 50.2 Å². The van der Waals surface area contributed by atoms with E-state index >= 15 is 0 Å². The SMILES string of the molecule is CCCCc1cc(=O)oc2cc(C)cc(OC(CC)C(=O)N3Cc4[nH]c5ccccc5c4C[C@H]3C(=O)OC)c12. The van der Waals surface area contributed by atoms with E-state index in [0.29, 0.717) is 36.0 Å². The topological polar surface area (TPSA) is 102 Å². The monoisotopic (exact) mass is 530 g/mol. The van der Waals surface area contributed by atoms with Gasteiger partial charge in [0, 0.05) is 29.1 Å². The standard InChI is InChI=1S/C31H34N2O6/c1-5-7-10-19-15-28(34)39-27-14-18(3)13-26(29(19)27)38-25(6-2)30(35)33-17-23-21(16-24(33)31(36)37-4)20-11-8-9-12-22(20)32-23/h8-9,11-15,24-25,32H,5-7,10,16-17H2,1-4H3/t24-,25?/m0/s1. The molecule has 0 radical (unpaired) electrons. The minimum Gasteiger partial charge on any atom is -0.480 e. The lowest BCUT2D eigenvalue weighted by Gasteiger charge is -2.36. The number of nitrogens with zero attached hydrogens (tertiary/aromatic N) is 1. The van der Waals surface area contributed by atoms with Gasteiger partial charge < -0.3 is 23.8 Å². The molecule has 1 unspecified atom stereocenters. The number of amides is 1. The van der Waals surface area contributed by atoms with Crippen LogP contribution < -0.4 is 10.4 Å². The number of H-pyrrole nitrogens is 1. The Kier molecular flexibility index (Phi) is 7.46. The van der Waals surface area contributed by atoms with Gasteiger partial charge in [-0.05, 0) is 61.1 Å². The smallest absolute Gasteiger partial charge is 0.336 e. The summed E-state index contributed by atoms with van der Waals surface area (Å²) >= 11 is 0. The van der Waals surface area contributed by atoms with Crippen molar-refractivity contribution in [2.24, 2.45) is 0 Å². The van der Waals surface area contributed by atoms with E-state index in [-0.39, 0.29) is 12.5 Å². The highest BCUT2D eigenvalue weighted by atomic mass is 16.5. The Morgan fingerprint density at radius 1 is 1.18 bits per heavy atom. The van der Waals surface area contributed by atoms with Crippen LogP contribution in [0.2, 0.25) is 0 Å². The first-order valence-electron chi connectivity index (χ1n) is 13.5. The number of benzene rings is 2. The number of nitrogens with one attached hydrogen (secondary N) is 1. The van der Waals surface area contributed by atoms with Crippen molar-refractivity contribution < 1.29 is 23.5 Å². The largest absolute Gasteiger partial charge is 0.480 e. The number of fused-ring (bicyclic) bond motifs is 4. The third-order valence-electron chi connectivity index (χ3n) is 7.51. The second-order valence-electron chi connectivity index (χ2n) is 10.2. The van der Waals surface area contributed by atoms with Crippen molar-refractivity contribution in [3.8, 4) is 5.75 Å². The van der Waals surface area contributed by atoms with Gasteiger partial charge in [-0.2, -0.15) is 0 Å². The Labute approximate surface area is 226 Å². The van der Waals surface area contributed by atoms with Crippen LogP contribution in [-0.2, 0) is 33.7 Å². The number of aromatic amines is 1. The van der Waals surface area contributed by atoms with E-state index in [1.165, 1.54) is 13.2 Å². The van der Waals surface area contributed by atoms with Gasteiger partial charge in [0.15, 0.2) is 6.10 Å². The Morgan fingerprint density at radius 3 is 2.72 bits per heavy atom. The van der Waals surface area contributed by atoms with Crippen molar-refractivity contribution in [2.75, 3.05) is 7.11 Å². The van der Waals surface area contributed by atoms with E-state index in [9.17, 15) is 14.4 Å². The Balaban J connectivity index is 1.52. The molecule has 1 aliphatic heterocycles. The molecule has 2 aromatic heterocycles. The second kappa shape index (κ2) is 11.0. The average Bonchev–Trinajstić information content (AvgIpc) is 3.30. The van der Waals surface area contributed by atoms with Gasteiger partial charge in [0.1, 0.15) is 17.4 Å². The summed E-state index contributed by atoms with van der Waals surface area (Å²) in [6.07, 6.45) is 2.47. The number of unbranched alkanes of at least 4 members (excludes halogenated alkanes) is 1. The summed E-state index contributed by atoms with van der Waals surface area (Å²) in [5.41, 5.74) is 4.63. The first-order valence-corrected chi connectivity index (χ1v) is 13.5. The molecule has 1 aliphatic rings. The maximum absolute atomic E-state index is 14.0. The maximum atomic E-state index is 14.0. The highest BCUT2D eigenvalue weighted by Gasteiger charge is 2.40. The lowest BCUT2D eigenvalue weighted by molar-refractivity contribution is -0.157. The second-order valence-corrected chi connectivity index (χ2v) is 10.2. The molecule has 5 rings (SSSR count). The molecule has 0 spiro atoms. The van der Waals surface area contributed by atoms with Gasteiger partial charge in [-0.25, -0.2) is 9.59 Å². The number of carbonyl (C=O) groups is 2. The van der Waals surface area contributed by atoms with Crippen LogP contribution in [0.4, 0.5) is 0 Å². The fraction of sp³-hybridized carbons (Fsp3) is 0.387. The summed E-state index contributed by atoms with van der Waals surface area (Å²) in [5.74, 6) is -0.254. The van der Waals surface area contributed by atoms with Gasteiger partial charge in [-0.15, -0.1) is 0 Å². The van der Waals surface area contributed by atoms with Crippen LogP contribution in [0.5, 0.6) is 5.75 Å². The van der Waals surface area contributed by atoms with E-state index in [1.54, 1.807) is 4.90 Å². The summed E-state index contributed by atoms with van der Waals surface area (Å²) < 4.78 is 17.1. The zero-order chi connectivity index (χ0) is 27.7. The molecule has 0 saturated heterocycles. The normalized spacial score (nSPS) is 15.8. The molecule has 39 heavy (non-hydrogen) atoms. The van der Waals surface area contributed by atoms with Gasteiger partial charge >= 0.3 is 11.6 Å². The summed E-state index contributed by atoms with van der Waals surface area (Å²) in [5, 5.41) is 1.75. The molecule has 3 heterocycles. The number of ether oxygens (including phenoxy) is 2. The Hall–Kier alpha value is -4.07. The van der Waals surface area contributed by atoms with Crippen LogP contribution in [0.3, 0.4) is 0 Å². The molecule has 0 fully saturated rings. The van der Waals surface area contributed by atoms with Crippen LogP contribution in [-0.4, -0.2) is 41.0 Å². The summed E-state index contributed by atoms with van der Waals surface area (Å²) in [7, 11) is 1.34. The molecule has 8 heteroatoms. The number of hydrogen-bond donors (Lipinski definition) is 1. The minimum absolute atomic E-state index is 0.244. The molecule has 8 nitrogen and oxygen atoms in total. The van der Waals surface area contributed by atoms with Crippen molar-refractivity contribution in [3.63, 3.8) is 0 Å². The highest BCUT2D eigenvalue weighted by molar-refractivity contribution is 5.92. The summed E-state index contributed by atoms with van der Waals surface area (Å²) in [6, 6.07) is 12.4. The molecule has 1 N–H and O–H groups in total. The number of aromatic nitrogens is 1. The van der Waals surface area contributed by atoms with E-state index in [0.717, 1.165) is 46.1 Å². The number of esters is 1. The third-order valence-corrected chi connectivity index (χ3v) is 7.51. The predicted molar refractivity (Wildman–Crippen MR) is 149 cm³/mol. The summed E-state index contributed by atoms with van der Waals surface area (Å²) in [4.78, 5) is 44.2. The number of para-hydroxylation sites is 1. The quantitative estimate of drug-likeness (QED) is 0.248. The fourth-order valence-corrected chi connectivity index (χ4v) is 5.56. The van der Waals surface area contributed by atoms with Crippen LogP contribution in [0.25, 0.3) is 21.9 Å². The Bertz CT molecular complexity index is 1600. The zero-order valence-electron chi connectivity index (χ0n) is 22.8. The molecule has 0 saturated carbocycles. The lowest BCUT2D eigenvalue weighted by atomic mass is 9.95. The molecular formula is C31H34N2O6. The van der Waals surface area contributed by atoms with Crippen molar-refractivity contribution in [1.82, 2.24) is 9.88 Å². The average molecular weight is 531 g/mol. The number of carbonyl (C=O) groups excluding carboxylic acids is 2. The molecule has 2 atom stereocenters. The van der Waals surface area contributed by atoms with Gasteiger partial charge in [-0.3, -0.25) is 4.79 Å². The van der Waals surface area contributed by atoms with Crippen molar-refractivity contribution in [1.29, 1.82) is 0 Å². The fourth-order valence-electron chi connectivity index (χ4n) is 5.56. The minimum atomic E-state index is -0.848. The van der Waals surface area contributed by atoms with Crippen LogP contribution >= 0.6 is 0 Å². The molecule has 0 bridgehead atoms. The van der Waals surface area contributed by atoms with Gasteiger partial charge in [0.2, 0.25) is 0 Å². The first-order chi connectivity index (χ1) is 18.8. The van der Waals surface area contributed by atoms with Crippen molar-refractivity contribution in [3.05, 3.63) is 75.3 Å². The van der Waals surface area contributed by atoms with Crippen LogP contribution in [0, 0.1) is 6.92 Å². The van der Waals surface area contributed by atoms with E-state index < -0.39 is 23.7 Å². The zero-order valence-corrected chi connectivity index (χ0v) is 22.8. The highest BCUT2D eigenvalue weighted by Crippen LogP contribution is 2.34. The lowest BCUT2D eigenvalue weighted by Crippen LogP contribution is -2.53. The third kappa shape index (κ3) is 5.03. The van der Waals surface area contributed by atoms with Crippen molar-refractivity contribution in [2.45, 2.75) is 71.6 Å². The van der Waals surface area contributed by atoms with E-state index in [2.05, 4.69) is 11.9 Å². The van der Waals surface area contributed by atoms with Gasteiger partial charge in [0.25, 0.3) is 5.91 Å². The van der Waals surface area contributed by atoms with Crippen LogP contribution in [0.15, 0.2) is 51.7 Å². The molecular weight excluding hydrogens is 496 g/mol. The predicted octanol–water partition coefficient (Wildman–Crippen LogP) is 5.21. The first kappa shape index (κ1) is 26.5. The summed E-state index contributed by atoms with van der Waals surface area (Å²) in [6.45, 7) is 6.11. The molecule has 0 aliphatic carbocycles. The van der Waals surface area contributed by atoms with Crippen molar-refractivity contribution >= 4 is 33.7 Å². The van der Waals surface area contributed by atoms with Gasteiger partial charge in [-0.1, -0.05) is 38.5 Å². The van der Waals surface area contributed by atoms with Crippen LogP contribution in [0.1, 0.15) is 55.5 Å². The maximum Gasteiger partial charge on any atom is 0.336 e. The number of aryl methyl sites for hydroxylation is 2. The van der Waals surface area contributed by atoms with E-state index in [4.69, 9.17) is 13.9 Å². The molecule has 4 aromatic rings. The Morgan fingerprint density at radius 2 is 1.97 bits per heavy atom. The number of methoxy groups -OCH3 is 1. The number of rotatable bonds is 8. The molecule has 2 aromatic carbocycles. The number of hydrogen-bond acceptors (Lipinski definition) is 6. The van der Waals surface area contributed by atoms with Gasteiger partial charge in [0.05, 0.1) is 19.0 Å². The molecule has 204 valence electrons. The molecule has 1 amide bonds.